The SMILES string of the molecule is C=CC.CCNC(=O)C12CCCC1C1CCC3C4(C)CC=C(c5ccc(C(=O)O)cc5)C(C)(C)C4CCC3(C)[C@]1(C)CC2.NC=O. The molecule has 46 heavy (non-hydrogen) atoms. The lowest BCUT2D eigenvalue weighted by Gasteiger charge is -2.72. The van der Waals surface area contributed by atoms with Crippen LogP contribution in [0.25, 0.3) is 5.57 Å². The van der Waals surface area contributed by atoms with Crippen molar-refractivity contribution in [3.05, 3.63) is 54.1 Å². The van der Waals surface area contributed by atoms with Gasteiger partial charge >= 0.3 is 5.97 Å². The van der Waals surface area contributed by atoms with E-state index in [-0.39, 0.29) is 28.1 Å². The van der Waals surface area contributed by atoms with Crippen molar-refractivity contribution >= 4 is 23.9 Å². The highest BCUT2D eigenvalue weighted by Crippen LogP contribution is 2.77. The Hall–Kier alpha value is -2.89. The van der Waals surface area contributed by atoms with E-state index in [4.69, 9.17) is 4.79 Å². The number of carboxylic acids is 1. The van der Waals surface area contributed by atoms with Gasteiger partial charge in [0.1, 0.15) is 0 Å². The smallest absolute Gasteiger partial charge is 0.335 e. The highest BCUT2D eigenvalue weighted by atomic mass is 16.4. The van der Waals surface area contributed by atoms with Gasteiger partial charge in [-0.25, -0.2) is 4.79 Å². The minimum Gasteiger partial charge on any atom is -0.478 e. The Morgan fingerprint density at radius 2 is 1.57 bits per heavy atom. The predicted octanol–water partition coefficient (Wildman–Crippen LogP) is 8.66. The van der Waals surface area contributed by atoms with Crippen LogP contribution in [0.4, 0.5) is 0 Å². The molecular formula is C40H60N2O4. The Labute approximate surface area is 278 Å². The molecule has 0 radical (unpaired) electrons. The van der Waals surface area contributed by atoms with Gasteiger partial charge in [-0.15, -0.1) is 6.58 Å². The number of rotatable bonds is 4. The molecule has 1 aromatic carbocycles. The van der Waals surface area contributed by atoms with Crippen molar-refractivity contribution in [3.8, 4) is 0 Å². The third kappa shape index (κ3) is 5.46. The standard InChI is InChI=1S/C36H51NO3.C3H6.CH3NO/c1-7-37-31(40)36-18-8-9-27(36)26-14-15-29-33(4)19-16-25(23-10-12-24(13-11-23)30(38)39)32(2,3)28(33)17-20-35(29,6)34(26,5)21-22-36;1-3-2;2-1-3/h10-13,16,26-29H,7-9,14-15,17-22H2,1-6H3,(H,37,40)(H,38,39);3H,1H2,2H3;1H,(H2,2,3)/t26?,27?,28?,29?,33?,34-,35?,36?;;/m1../s1. The second-order valence-electron chi connectivity index (χ2n) is 16.2. The molecular weight excluding hydrogens is 572 g/mol. The summed E-state index contributed by atoms with van der Waals surface area (Å²) in [4.78, 5) is 33.5. The third-order valence-corrected chi connectivity index (χ3v) is 14.2. The fraction of sp³-hybridized carbons (Fsp3) is 0.675. The van der Waals surface area contributed by atoms with E-state index in [1.807, 2.05) is 19.1 Å². The highest BCUT2D eigenvalue weighted by molar-refractivity contribution is 5.88. The van der Waals surface area contributed by atoms with Gasteiger partial charge in [-0.1, -0.05) is 65.3 Å². The summed E-state index contributed by atoms with van der Waals surface area (Å²) in [6.07, 6.45) is 16.5. The first-order valence-electron chi connectivity index (χ1n) is 17.7. The quantitative estimate of drug-likeness (QED) is 0.228. The van der Waals surface area contributed by atoms with Crippen LogP contribution in [0.15, 0.2) is 43.0 Å². The molecule has 0 heterocycles. The van der Waals surface area contributed by atoms with Gasteiger partial charge in [0.05, 0.1) is 11.0 Å². The molecule has 4 fully saturated rings. The van der Waals surface area contributed by atoms with Crippen LogP contribution in [0.5, 0.6) is 0 Å². The van der Waals surface area contributed by atoms with Crippen LogP contribution in [0.3, 0.4) is 0 Å². The fourth-order valence-electron chi connectivity index (χ4n) is 12.2. The van der Waals surface area contributed by atoms with E-state index in [1.165, 1.54) is 56.1 Å². The average Bonchev–Trinajstić information content (AvgIpc) is 3.44. The van der Waals surface area contributed by atoms with Gasteiger partial charge in [0.25, 0.3) is 0 Å². The van der Waals surface area contributed by atoms with Crippen LogP contribution in [0.2, 0.25) is 0 Å². The Kier molecular flexibility index (Phi) is 10.4. The van der Waals surface area contributed by atoms with E-state index >= 15 is 0 Å². The van der Waals surface area contributed by atoms with Crippen molar-refractivity contribution < 1.29 is 19.5 Å². The summed E-state index contributed by atoms with van der Waals surface area (Å²) in [6, 6.07) is 7.55. The van der Waals surface area contributed by atoms with Crippen molar-refractivity contribution in [2.45, 2.75) is 113 Å². The van der Waals surface area contributed by atoms with Gasteiger partial charge in [-0.05, 0) is 140 Å². The molecule has 4 N–H and O–H groups in total. The average molecular weight is 633 g/mol. The van der Waals surface area contributed by atoms with Crippen molar-refractivity contribution in [1.29, 1.82) is 0 Å². The predicted molar refractivity (Wildman–Crippen MR) is 187 cm³/mol. The number of aromatic carboxylic acids is 1. The molecule has 5 aliphatic rings. The normalized spacial score (nSPS) is 38.3. The largest absolute Gasteiger partial charge is 0.478 e. The Morgan fingerprint density at radius 3 is 2.15 bits per heavy atom. The second kappa shape index (κ2) is 13.3. The van der Waals surface area contributed by atoms with Crippen LogP contribution in [0.1, 0.15) is 129 Å². The Balaban J connectivity index is 0.000000744. The Morgan fingerprint density at radius 1 is 0.935 bits per heavy atom. The van der Waals surface area contributed by atoms with E-state index in [2.05, 4.69) is 65.2 Å². The van der Waals surface area contributed by atoms with Gasteiger partial charge in [-0.3, -0.25) is 9.59 Å². The monoisotopic (exact) mass is 632 g/mol. The van der Waals surface area contributed by atoms with Crippen molar-refractivity contribution in [3.63, 3.8) is 0 Å². The van der Waals surface area contributed by atoms with E-state index in [0.29, 0.717) is 40.6 Å². The van der Waals surface area contributed by atoms with Crippen LogP contribution in [-0.2, 0) is 9.59 Å². The summed E-state index contributed by atoms with van der Waals surface area (Å²) in [5, 5.41) is 12.7. The number of amides is 2. The molecule has 6 nitrogen and oxygen atoms in total. The molecule has 1 aromatic rings. The molecule has 8 atom stereocenters. The van der Waals surface area contributed by atoms with E-state index in [0.717, 1.165) is 25.8 Å². The first kappa shape index (κ1) is 36.0. The molecule has 0 aromatic heterocycles. The number of carbonyl (C=O) groups is 3. The second-order valence-corrected chi connectivity index (χ2v) is 16.2. The number of hydrogen-bond acceptors (Lipinski definition) is 3. The molecule has 2 amide bonds. The van der Waals surface area contributed by atoms with E-state index in [1.54, 1.807) is 18.2 Å². The molecule has 254 valence electrons. The lowest BCUT2D eigenvalue weighted by atomic mass is 9.32. The minimum atomic E-state index is -0.866. The number of benzene rings is 1. The number of primary amides is 1. The zero-order chi connectivity index (χ0) is 34.1. The molecule has 0 bridgehead atoms. The number of nitrogens with two attached hydrogens (primary N) is 1. The van der Waals surface area contributed by atoms with Crippen LogP contribution in [-0.4, -0.2) is 29.9 Å². The summed E-state index contributed by atoms with van der Waals surface area (Å²) in [6.45, 7) is 20.9. The molecule has 7 unspecified atom stereocenters. The Bertz CT molecular complexity index is 1330. The highest BCUT2D eigenvalue weighted by Gasteiger charge is 2.70. The zero-order valence-corrected chi connectivity index (χ0v) is 29.6. The molecule has 0 aliphatic heterocycles. The molecule has 5 aliphatic carbocycles. The van der Waals surface area contributed by atoms with Gasteiger partial charge in [0.15, 0.2) is 0 Å². The number of carboxylic acid groups (broad SMARTS) is 1. The molecule has 4 saturated carbocycles. The number of nitrogens with one attached hydrogen (secondary N) is 1. The van der Waals surface area contributed by atoms with Gasteiger partial charge < -0.3 is 16.2 Å². The van der Waals surface area contributed by atoms with E-state index in [9.17, 15) is 14.7 Å². The minimum absolute atomic E-state index is 0.0300. The van der Waals surface area contributed by atoms with E-state index < -0.39 is 5.97 Å². The number of fused-ring (bicyclic) bond motifs is 7. The summed E-state index contributed by atoms with van der Waals surface area (Å²) < 4.78 is 0. The first-order chi connectivity index (χ1) is 21.7. The summed E-state index contributed by atoms with van der Waals surface area (Å²) >= 11 is 0. The van der Waals surface area contributed by atoms with Crippen LogP contribution in [0, 0.1) is 50.7 Å². The van der Waals surface area contributed by atoms with Gasteiger partial charge in [0, 0.05) is 6.54 Å². The number of allylic oxidation sites excluding steroid dienone is 3. The lowest BCUT2D eigenvalue weighted by molar-refractivity contribution is -0.222. The van der Waals surface area contributed by atoms with Crippen molar-refractivity contribution in [2.24, 2.45) is 56.5 Å². The van der Waals surface area contributed by atoms with Crippen molar-refractivity contribution in [1.82, 2.24) is 5.32 Å². The maximum absolute atomic E-state index is 13.5. The number of hydrogen-bond donors (Lipinski definition) is 3. The third-order valence-electron chi connectivity index (χ3n) is 14.2. The van der Waals surface area contributed by atoms with Crippen LogP contribution >= 0.6 is 0 Å². The number of carbonyl (C=O) groups excluding carboxylic acids is 2. The zero-order valence-electron chi connectivity index (χ0n) is 29.6. The fourth-order valence-corrected chi connectivity index (χ4v) is 12.2. The molecule has 0 saturated heterocycles. The van der Waals surface area contributed by atoms with Crippen molar-refractivity contribution in [2.75, 3.05) is 6.54 Å². The molecule has 6 heteroatoms. The maximum Gasteiger partial charge on any atom is 0.335 e. The van der Waals surface area contributed by atoms with Crippen LogP contribution < -0.4 is 11.1 Å². The summed E-state index contributed by atoms with van der Waals surface area (Å²) in [5.74, 6) is 1.97. The molecule has 6 rings (SSSR count). The first-order valence-corrected chi connectivity index (χ1v) is 17.7. The lowest BCUT2D eigenvalue weighted by Crippen LogP contribution is -2.65. The van der Waals surface area contributed by atoms with Gasteiger partial charge in [0.2, 0.25) is 12.3 Å². The maximum atomic E-state index is 13.5. The molecule has 0 spiro atoms. The summed E-state index contributed by atoms with van der Waals surface area (Å²) in [7, 11) is 0. The summed E-state index contributed by atoms with van der Waals surface area (Å²) in [5.41, 5.74) is 7.83. The topological polar surface area (TPSA) is 109 Å². The van der Waals surface area contributed by atoms with Gasteiger partial charge in [-0.2, -0.15) is 0 Å².